The van der Waals surface area contributed by atoms with Crippen molar-refractivity contribution in [1.82, 2.24) is 4.98 Å². The number of benzene rings is 2. The molecule has 5 nitrogen and oxygen atoms in total. The first kappa shape index (κ1) is 31.1. The molecule has 0 aliphatic heterocycles. The summed E-state index contributed by atoms with van der Waals surface area (Å²) >= 11 is 6.62. The highest BCUT2D eigenvalue weighted by molar-refractivity contribution is 6.32. The van der Waals surface area contributed by atoms with Crippen LogP contribution in [0.4, 0.5) is 23.2 Å². The molecule has 214 valence electrons. The fraction of sp³-hybridized carbons (Fsp3) is 0.300. The van der Waals surface area contributed by atoms with Crippen LogP contribution in [0.1, 0.15) is 66.8 Å². The Kier molecular flexibility index (Phi) is 9.03. The average molecular weight is 578 g/mol. The number of halogens is 5. The van der Waals surface area contributed by atoms with E-state index in [1.807, 2.05) is 0 Å². The van der Waals surface area contributed by atoms with Crippen molar-refractivity contribution in [3.8, 4) is 0 Å². The van der Waals surface area contributed by atoms with Crippen molar-refractivity contribution in [2.24, 2.45) is 5.73 Å². The van der Waals surface area contributed by atoms with E-state index in [2.05, 4.69) is 37.3 Å². The zero-order chi connectivity index (χ0) is 30.2. The number of fused-ring (bicyclic) bond motifs is 1. The minimum Gasteiger partial charge on any atom is -0.397 e. The highest BCUT2D eigenvalue weighted by atomic mass is 35.5. The summed E-state index contributed by atoms with van der Waals surface area (Å²) in [6.45, 7) is 14.0. The molecule has 0 bridgehead atoms. The Morgan fingerprint density at radius 1 is 1.12 bits per heavy atom. The maximum atomic E-state index is 14.8. The molecule has 1 aliphatic rings. The van der Waals surface area contributed by atoms with Crippen LogP contribution >= 0.6 is 11.6 Å². The Balaban J connectivity index is 0.00000103. The molecule has 40 heavy (non-hydrogen) atoms. The summed E-state index contributed by atoms with van der Waals surface area (Å²) in [6, 6.07) is 7.81. The molecule has 1 aliphatic carbocycles. The van der Waals surface area contributed by atoms with Gasteiger partial charge in [-0.25, -0.2) is 17.6 Å². The predicted molar refractivity (Wildman–Crippen MR) is 151 cm³/mol. The van der Waals surface area contributed by atoms with E-state index < -0.39 is 30.3 Å². The predicted octanol–water partition coefficient (Wildman–Crippen LogP) is 6.77. The Hall–Kier alpha value is -3.40. The van der Waals surface area contributed by atoms with E-state index in [1.165, 1.54) is 6.07 Å². The molecule has 1 aromatic heterocycles. The van der Waals surface area contributed by atoms with Crippen LogP contribution in [0.5, 0.6) is 0 Å². The van der Waals surface area contributed by atoms with Gasteiger partial charge in [-0.3, -0.25) is 4.98 Å². The molecule has 10 heteroatoms. The van der Waals surface area contributed by atoms with E-state index in [9.17, 15) is 27.8 Å². The summed E-state index contributed by atoms with van der Waals surface area (Å²) in [5, 5.41) is 23.7. The molecular weight excluding hydrogens is 546 g/mol. The van der Waals surface area contributed by atoms with Gasteiger partial charge in [0.2, 0.25) is 6.43 Å². The van der Waals surface area contributed by atoms with Crippen LogP contribution in [0, 0.1) is 11.6 Å². The van der Waals surface area contributed by atoms with Gasteiger partial charge in [-0.15, -0.1) is 0 Å². The lowest BCUT2D eigenvalue weighted by atomic mass is 9.91. The maximum absolute atomic E-state index is 14.8. The molecule has 4 rings (SSSR count). The lowest BCUT2D eigenvalue weighted by molar-refractivity contribution is -0.143. The van der Waals surface area contributed by atoms with E-state index in [0.29, 0.717) is 33.4 Å². The first-order valence-corrected chi connectivity index (χ1v) is 12.7. The Bertz CT molecular complexity index is 1460. The molecule has 0 saturated carbocycles. The smallest absolute Gasteiger partial charge is 0.235 e. The molecule has 0 unspecified atom stereocenters. The van der Waals surface area contributed by atoms with Crippen molar-refractivity contribution in [3.63, 3.8) is 0 Å². The number of hydrogen-bond acceptors (Lipinski definition) is 5. The number of aliphatic hydroxyl groups is 2. The van der Waals surface area contributed by atoms with E-state index in [0.717, 1.165) is 42.2 Å². The molecule has 3 aromatic rings. The Morgan fingerprint density at radius 2 is 1.75 bits per heavy atom. The molecule has 0 amide bonds. The van der Waals surface area contributed by atoms with Gasteiger partial charge in [-0.05, 0) is 72.4 Å². The average Bonchev–Trinajstić information content (AvgIpc) is 3.40. The van der Waals surface area contributed by atoms with Gasteiger partial charge in [0.25, 0.3) is 0 Å². The van der Waals surface area contributed by atoms with Crippen molar-refractivity contribution < 1.29 is 27.8 Å². The third-order valence-corrected chi connectivity index (χ3v) is 6.72. The van der Waals surface area contributed by atoms with Gasteiger partial charge in [-0.1, -0.05) is 44.7 Å². The Labute approximate surface area is 236 Å². The number of nitrogens with two attached hydrogens (primary N) is 1. The van der Waals surface area contributed by atoms with Crippen molar-refractivity contribution >= 4 is 28.7 Å². The van der Waals surface area contributed by atoms with Crippen molar-refractivity contribution in [2.75, 3.05) is 5.32 Å². The third kappa shape index (κ3) is 7.02. The number of alkyl halides is 2. The first-order chi connectivity index (χ1) is 18.4. The summed E-state index contributed by atoms with van der Waals surface area (Å²) in [5.74, 6) is -4.38. The van der Waals surface area contributed by atoms with E-state index in [1.54, 1.807) is 24.4 Å². The van der Waals surface area contributed by atoms with Crippen LogP contribution in [0.15, 0.2) is 49.7 Å². The summed E-state index contributed by atoms with van der Waals surface area (Å²) < 4.78 is 49.5. The normalized spacial score (nSPS) is 13.3. The lowest BCUT2D eigenvalue weighted by Crippen LogP contribution is -2.27. The number of anilines is 1. The summed E-state index contributed by atoms with van der Waals surface area (Å²) in [7, 11) is 0. The molecule has 5 N–H and O–H groups in total. The second-order valence-corrected chi connectivity index (χ2v) is 10.8. The van der Waals surface area contributed by atoms with E-state index in [4.69, 9.17) is 17.3 Å². The highest BCUT2D eigenvalue weighted by Crippen LogP contribution is 2.57. The van der Waals surface area contributed by atoms with Gasteiger partial charge in [0.05, 0.1) is 11.4 Å². The monoisotopic (exact) mass is 577 g/mol. The van der Waals surface area contributed by atoms with Crippen LogP contribution in [-0.4, -0.2) is 27.4 Å². The molecule has 2 aromatic carbocycles. The fourth-order valence-electron chi connectivity index (χ4n) is 4.72. The van der Waals surface area contributed by atoms with Crippen LogP contribution < -0.4 is 11.1 Å². The number of pyridine rings is 1. The zero-order valence-electron chi connectivity index (χ0n) is 22.7. The number of nitrogens with one attached hydrogen (secondary N) is 1. The van der Waals surface area contributed by atoms with Crippen LogP contribution in [0.3, 0.4) is 0 Å². The van der Waals surface area contributed by atoms with Gasteiger partial charge in [0.1, 0.15) is 0 Å². The van der Waals surface area contributed by atoms with Gasteiger partial charge >= 0.3 is 0 Å². The van der Waals surface area contributed by atoms with E-state index in [-0.39, 0.29) is 17.4 Å². The minimum atomic E-state index is -2.22. The van der Waals surface area contributed by atoms with Gasteiger partial charge in [0.15, 0.2) is 17.4 Å². The molecule has 0 saturated heterocycles. The van der Waals surface area contributed by atoms with Gasteiger partial charge in [0, 0.05) is 40.0 Å². The van der Waals surface area contributed by atoms with Crippen molar-refractivity contribution in [3.05, 3.63) is 105 Å². The topological polar surface area (TPSA) is 91.4 Å². The number of rotatable bonds is 8. The second kappa shape index (κ2) is 11.6. The third-order valence-electron chi connectivity index (χ3n) is 6.42. The maximum Gasteiger partial charge on any atom is 0.235 e. The van der Waals surface area contributed by atoms with E-state index >= 15 is 0 Å². The fourth-order valence-corrected chi connectivity index (χ4v) is 5.18. The second-order valence-electron chi connectivity index (χ2n) is 10.4. The Morgan fingerprint density at radius 3 is 2.33 bits per heavy atom. The largest absolute Gasteiger partial charge is 0.397 e. The summed E-state index contributed by atoms with van der Waals surface area (Å²) in [6.07, 6.45) is -0.869. The highest BCUT2D eigenvalue weighted by Gasteiger charge is 2.47. The van der Waals surface area contributed by atoms with Gasteiger partial charge in [-0.2, -0.15) is 0 Å². The van der Waals surface area contributed by atoms with Crippen LogP contribution in [0.2, 0.25) is 5.02 Å². The zero-order valence-corrected chi connectivity index (χ0v) is 23.4. The SMILES string of the molecule is C=C(N)c1cc(NC(=C)c2c(Cc3ccc(F)c(F)c3CC(C)(O)O)cc(Cl)c3c2C3(C)C)ccn1.CC(F)F. The first-order valence-electron chi connectivity index (χ1n) is 12.4. The molecule has 0 fully saturated rings. The van der Waals surface area contributed by atoms with Crippen LogP contribution in [0.25, 0.3) is 11.4 Å². The van der Waals surface area contributed by atoms with Crippen LogP contribution in [-0.2, 0) is 18.3 Å². The van der Waals surface area contributed by atoms with Crippen molar-refractivity contribution in [1.29, 1.82) is 0 Å². The number of aromatic nitrogens is 1. The molecule has 0 spiro atoms. The summed E-state index contributed by atoms with van der Waals surface area (Å²) in [5.41, 5.74) is 11.5. The number of hydrogen-bond donors (Lipinski definition) is 4. The minimum absolute atomic E-state index is 0.104. The quantitative estimate of drug-likeness (QED) is 0.175. The van der Waals surface area contributed by atoms with Crippen molar-refractivity contribution in [2.45, 2.75) is 58.2 Å². The molecule has 1 heterocycles. The molecular formula is C30H32ClF4N3O2. The number of nitrogens with zero attached hydrogens (tertiary/aromatic N) is 1. The van der Waals surface area contributed by atoms with Gasteiger partial charge < -0.3 is 21.3 Å². The molecule has 0 radical (unpaired) electrons. The molecule has 0 atom stereocenters. The lowest BCUT2D eigenvalue weighted by Gasteiger charge is -2.21. The summed E-state index contributed by atoms with van der Waals surface area (Å²) in [4.78, 5) is 4.19. The standard InChI is InChI=1S/C28H28ClF2N3O2.C2H4F2/c1-14(32)22-12-18(8-9-33-22)34-15(2)23-17(11-20(29)24-25(23)27(24,3)4)10-16-6-7-21(30)26(31)19(16)13-28(5,35)36;1-2(3)4/h6-9,11-12,35-36H,1-2,10,13,32H2,3-5H3,(H,33,34);2H,1H3.